The monoisotopic (exact) mass is 350 g/mol. The van der Waals surface area contributed by atoms with Crippen LogP contribution in [0.15, 0.2) is 53.8 Å². The van der Waals surface area contributed by atoms with E-state index in [0.717, 1.165) is 52.3 Å². The first-order valence-corrected chi connectivity index (χ1v) is 9.20. The zero-order chi connectivity index (χ0) is 17.1. The van der Waals surface area contributed by atoms with Crippen LogP contribution < -0.4 is 4.74 Å². The van der Waals surface area contributed by atoms with Crippen LogP contribution in [0.4, 0.5) is 0 Å². The van der Waals surface area contributed by atoms with E-state index in [1.54, 1.807) is 17.7 Å². The lowest BCUT2D eigenvalue weighted by Gasteiger charge is -2.18. The molecule has 0 saturated heterocycles. The maximum absolute atomic E-state index is 12.7. The van der Waals surface area contributed by atoms with Gasteiger partial charge in [0, 0.05) is 28.6 Å². The topological polar surface area (TPSA) is 55.0 Å². The summed E-state index contributed by atoms with van der Waals surface area (Å²) in [6.07, 6.45) is 7.96. The summed E-state index contributed by atoms with van der Waals surface area (Å²) in [5.41, 5.74) is 3.75. The van der Waals surface area contributed by atoms with E-state index in [-0.39, 0.29) is 5.78 Å². The number of carbonyl (C=O) groups excluding carboxylic acids is 1. The zero-order valence-corrected chi connectivity index (χ0v) is 14.5. The Balaban J connectivity index is 1.46. The molecular weight excluding hydrogens is 332 g/mol. The summed E-state index contributed by atoms with van der Waals surface area (Å²) in [5.74, 6) is 0.950. The molecule has 2 aromatic heterocycles. The van der Waals surface area contributed by atoms with Crippen molar-refractivity contribution in [1.82, 2.24) is 9.97 Å². The van der Waals surface area contributed by atoms with E-state index in [1.165, 1.54) is 0 Å². The molecule has 1 aliphatic carbocycles. The molecule has 25 heavy (non-hydrogen) atoms. The van der Waals surface area contributed by atoms with Gasteiger partial charge in [0.15, 0.2) is 5.78 Å². The molecule has 1 aliphatic rings. The van der Waals surface area contributed by atoms with E-state index in [9.17, 15) is 4.79 Å². The van der Waals surface area contributed by atoms with Crippen LogP contribution in [-0.2, 0) is 12.8 Å². The molecule has 1 aromatic carbocycles. The third-order valence-corrected chi connectivity index (χ3v) is 5.14. The SMILES string of the molecule is O=C1/C(=C\c2cccs2)CCc2cc(OCCc3c[nH]cn3)ccc21. The highest BCUT2D eigenvalue weighted by Gasteiger charge is 2.22. The number of carbonyl (C=O) groups is 1. The lowest BCUT2D eigenvalue weighted by atomic mass is 9.86. The third kappa shape index (κ3) is 3.56. The molecule has 0 amide bonds. The van der Waals surface area contributed by atoms with Gasteiger partial charge in [-0.3, -0.25) is 4.79 Å². The van der Waals surface area contributed by atoms with Crippen molar-refractivity contribution in [3.8, 4) is 5.75 Å². The Labute approximate surface area is 150 Å². The lowest BCUT2D eigenvalue weighted by Crippen LogP contribution is -2.14. The molecule has 4 rings (SSSR count). The summed E-state index contributed by atoms with van der Waals surface area (Å²) < 4.78 is 5.81. The molecule has 0 fully saturated rings. The number of nitrogens with one attached hydrogen (secondary N) is 1. The highest BCUT2D eigenvalue weighted by molar-refractivity contribution is 7.10. The number of aromatic nitrogens is 2. The van der Waals surface area contributed by atoms with Crippen molar-refractivity contribution in [2.45, 2.75) is 19.3 Å². The van der Waals surface area contributed by atoms with Gasteiger partial charge in [-0.15, -0.1) is 11.3 Å². The Bertz CT molecular complexity index is 896. The smallest absolute Gasteiger partial charge is 0.189 e. The number of rotatable bonds is 5. The minimum Gasteiger partial charge on any atom is -0.493 e. The number of imidazole rings is 1. The maximum atomic E-state index is 12.7. The van der Waals surface area contributed by atoms with Crippen LogP contribution in [0.1, 0.15) is 32.9 Å². The van der Waals surface area contributed by atoms with Gasteiger partial charge in [-0.1, -0.05) is 6.07 Å². The number of benzene rings is 1. The van der Waals surface area contributed by atoms with Crippen molar-refractivity contribution in [1.29, 1.82) is 0 Å². The fourth-order valence-electron chi connectivity index (χ4n) is 3.03. The van der Waals surface area contributed by atoms with Gasteiger partial charge in [-0.25, -0.2) is 4.98 Å². The van der Waals surface area contributed by atoms with Crippen LogP contribution in [0.5, 0.6) is 5.75 Å². The normalized spacial score (nSPS) is 15.4. The average molecular weight is 350 g/mol. The van der Waals surface area contributed by atoms with Crippen molar-refractivity contribution in [3.63, 3.8) is 0 Å². The van der Waals surface area contributed by atoms with Crippen LogP contribution in [0, 0.1) is 0 Å². The van der Waals surface area contributed by atoms with Crippen molar-refractivity contribution in [2.75, 3.05) is 6.61 Å². The second-order valence-electron chi connectivity index (χ2n) is 5.99. The molecule has 1 N–H and O–H groups in total. The number of aromatic amines is 1. The van der Waals surface area contributed by atoms with Gasteiger partial charge in [-0.2, -0.15) is 0 Å². The molecular formula is C20H18N2O2S. The Morgan fingerprint density at radius 2 is 2.24 bits per heavy atom. The van der Waals surface area contributed by atoms with E-state index in [0.29, 0.717) is 6.61 Å². The van der Waals surface area contributed by atoms with Gasteiger partial charge < -0.3 is 9.72 Å². The van der Waals surface area contributed by atoms with E-state index < -0.39 is 0 Å². The fourth-order valence-corrected chi connectivity index (χ4v) is 3.71. The number of fused-ring (bicyclic) bond motifs is 1. The third-order valence-electron chi connectivity index (χ3n) is 4.32. The predicted molar refractivity (Wildman–Crippen MR) is 99.2 cm³/mol. The standard InChI is InChI=1S/C20H18N2O2S/c23-20-15(11-18-2-1-9-25-18)4-3-14-10-17(5-6-19(14)20)24-8-7-16-12-21-13-22-16/h1-2,5-6,9-13H,3-4,7-8H2,(H,21,22)/b15-11-. The molecule has 0 radical (unpaired) electrons. The van der Waals surface area contributed by atoms with E-state index in [4.69, 9.17) is 4.74 Å². The molecule has 0 saturated carbocycles. The van der Waals surface area contributed by atoms with E-state index >= 15 is 0 Å². The molecule has 0 bridgehead atoms. The number of thiophene rings is 1. The van der Waals surface area contributed by atoms with E-state index in [2.05, 4.69) is 9.97 Å². The number of hydrogen-bond donors (Lipinski definition) is 1. The summed E-state index contributed by atoms with van der Waals surface area (Å²) in [7, 11) is 0. The predicted octanol–water partition coefficient (Wildman–Crippen LogP) is 4.31. The zero-order valence-electron chi connectivity index (χ0n) is 13.7. The minimum absolute atomic E-state index is 0.137. The summed E-state index contributed by atoms with van der Waals surface area (Å²) in [6.45, 7) is 0.571. The number of aryl methyl sites for hydroxylation is 1. The summed E-state index contributed by atoms with van der Waals surface area (Å²) >= 11 is 1.65. The Morgan fingerprint density at radius 1 is 1.28 bits per heavy atom. The molecule has 3 aromatic rings. The highest BCUT2D eigenvalue weighted by Crippen LogP contribution is 2.30. The van der Waals surface area contributed by atoms with Crippen LogP contribution in [0.25, 0.3) is 6.08 Å². The first-order chi connectivity index (χ1) is 12.3. The van der Waals surface area contributed by atoms with Crippen LogP contribution in [0.3, 0.4) is 0 Å². The molecule has 0 unspecified atom stereocenters. The van der Waals surface area contributed by atoms with Crippen LogP contribution in [0.2, 0.25) is 0 Å². The number of ether oxygens (including phenoxy) is 1. The van der Waals surface area contributed by atoms with E-state index in [1.807, 2.05) is 48.0 Å². The highest BCUT2D eigenvalue weighted by atomic mass is 32.1. The van der Waals surface area contributed by atoms with Crippen LogP contribution in [-0.4, -0.2) is 22.4 Å². The molecule has 0 spiro atoms. The van der Waals surface area contributed by atoms with Crippen molar-refractivity contribution < 1.29 is 9.53 Å². The van der Waals surface area contributed by atoms with Gasteiger partial charge in [0.2, 0.25) is 0 Å². The lowest BCUT2D eigenvalue weighted by molar-refractivity contribution is 0.102. The number of H-pyrrole nitrogens is 1. The fraction of sp³-hybridized carbons (Fsp3) is 0.200. The quantitative estimate of drug-likeness (QED) is 0.698. The number of ketones is 1. The molecule has 0 atom stereocenters. The second-order valence-corrected chi connectivity index (χ2v) is 6.97. The van der Waals surface area contributed by atoms with Gasteiger partial charge in [0.1, 0.15) is 5.75 Å². The second kappa shape index (κ2) is 7.07. The largest absolute Gasteiger partial charge is 0.493 e. The molecule has 2 heterocycles. The van der Waals surface area contributed by atoms with Gasteiger partial charge >= 0.3 is 0 Å². The van der Waals surface area contributed by atoms with Crippen molar-refractivity contribution in [2.24, 2.45) is 0 Å². The van der Waals surface area contributed by atoms with Gasteiger partial charge in [0.25, 0.3) is 0 Å². The Morgan fingerprint density at radius 3 is 3.04 bits per heavy atom. The summed E-state index contributed by atoms with van der Waals surface area (Å²) in [4.78, 5) is 21.0. The summed E-state index contributed by atoms with van der Waals surface area (Å²) in [6, 6.07) is 9.82. The van der Waals surface area contributed by atoms with Crippen molar-refractivity contribution in [3.05, 3.63) is 75.5 Å². The Kier molecular flexibility index (Phi) is 4.48. The number of nitrogens with zero attached hydrogens (tertiary/aromatic N) is 1. The van der Waals surface area contributed by atoms with Crippen molar-refractivity contribution >= 4 is 23.2 Å². The number of allylic oxidation sites excluding steroid dienone is 1. The Hall–Kier alpha value is -2.66. The number of hydrogen-bond acceptors (Lipinski definition) is 4. The molecule has 126 valence electrons. The molecule has 0 aliphatic heterocycles. The van der Waals surface area contributed by atoms with Crippen LogP contribution >= 0.6 is 11.3 Å². The first kappa shape index (κ1) is 15.8. The first-order valence-electron chi connectivity index (χ1n) is 8.32. The summed E-state index contributed by atoms with van der Waals surface area (Å²) in [5, 5.41) is 2.03. The minimum atomic E-state index is 0.137. The number of Topliss-reactive ketones (excluding diaryl/α,β-unsaturated/α-hetero) is 1. The maximum Gasteiger partial charge on any atom is 0.189 e. The molecule has 5 heteroatoms. The van der Waals surface area contributed by atoms with Gasteiger partial charge in [0.05, 0.1) is 18.6 Å². The van der Waals surface area contributed by atoms with Gasteiger partial charge in [-0.05, 0) is 54.1 Å². The molecule has 4 nitrogen and oxygen atoms in total. The average Bonchev–Trinajstić information content (AvgIpc) is 3.31.